The summed E-state index contributed by atoms with van der Waals surface area (Å²) in [5.74, 6) is -0.129. The maximum Gasteiger partial charge on any atom is 0.186 e. The van der Waals surface area contributed by atoms with Gasteiger partial charge in [-0.05, 0) is 17.5 Å². The molecule has 0 radical (unpaired) electrons. The number of nitriles is 1. The van der Waals surface area contributed by atoms with Crippen molar-refractivity contribution in [3.8, 4) is 6.07 Å². The predicted octanol–water partition coefficient (Wildman–Crippen LogP) is 2.71. The van der Waals surface area contributed by atoms with Gasteiger partial charge in [0.05, 0.1) is 11.6 Å². The molecule has 120 valence electrons. The van der Waals surface area contributed by atoms with E-state index in [-0.39, 0.29) is 12.5 Å². The van der Waals surface area contributed by atoms with Crippen molar-refractivity contribution >= 4 is 0 Å². The lowest BCUT2D eigenvalue weighted by atomic mass is 9.87. The minimum Gasteiger partial charge on any atom is -0.396 e. The summed E-state index contributed by atoms with van der Waals surface area (Å²) in [7, 11) is 0. The van der Waals surface area contributed by atoms with Gasteiger partial charge in [-0.2, -0.15) is 5.26 Å². The van der Waals surface area contributed by atoms with Crippen LogP contribution in [-0.4, -0.2) is 26.7 Å². The molecule has 0 aliphatic carbocycles. The zero-order chi connectivity index (χ0) is 16.8. The molecule has 1 heterocycles. The Kier molecular flexibility index (Phi) is 4.99. The summed E-state index contributed by atoms with van der Waals surface area (Å²) in [4.78, 5) is 0. The fraction of sp³-hybridized carbons (Fsp3) is 0.211. The van der Waals surface area contributed by atoms with Gasteiger partial charge in [0.2, 0.25) is 0 Å². The van der Waals surface area contributed by atoms with E-state index >= 15 is 0 Å². The Hall–Kier alpha value is -2.97. The van der Waals surface area contributed by atoms with Crippen molar-refractivity contribution in [2.45, 2.75) is 18.9 Å². The van der Waals surface area contributed by atoms with E-state index in [4.69, 9.17) is 5.11 Å². The third kappa shape index (κ3) is 3.19. The van der Waals surface area contributed by atoms with E-state index in [0.29, 0.717) is 18.7 Å². The number of hydrogen-bond acceptors (Lipinski definition) is 4. The van der Waals surface area contributed by atoms with Gasteiger partial charge in [0.25, 0.3) is 0 Å². The second-order valence-electron chi connectivity index (χ2n) is 5.49. The van der Waals surface area contributed by atoms with Gasteiger partial charge in [0.15, 0.2) is 5.69 Å². The van der Waals surface area contributed by atoms with Crippen molar-refractivity contribution in [1.29, 1.82) is 5.26 Å². The summed E-state index contributed by atoms with van der Waals surface area (Å²) in [6.45, 7) is 0.596. The molecule has 0 saturated heterocycles. The zero-order valence-corrected chi connectivity index (χ0v) is 13.2. The van der Waals surface area contributed by atoms with Crippen LogP contribution in [0.4, 0.5) is 0 Å². The van der Waals surface area contributed by atoms with Crippen LogP contribution in [0, 0.1) is 11.3 Å². The summed E-state index contributed by atoms with van der Waals surface area (Å²) >= 11 is 0. The van der Waals surface area contributed by atoms with E-state index in [0.717, 1.165) is 16.8 Å². The first-order chi connectivity index (χ1) is 11.8. The lowest BCUT2D eigenvalue weighted by Crippen LogP contribution is -2.14. The van der Waals surface area contributed by atoms with Crippen LogP contribution in [0.2, 0.25) is 0 Å². The first-order valence-electron chi connectivity index (χ1n) is 7.89. The minimum absolute atomic E-state index is 0.0720. The largest absolute Gasteiger partial charge is 0.396 e. The quantitative estimate of drug-likeness (QED) is 0.758. The van der Waals surface area contributed by atoms with Gasteiger partial charge >= 0.3 is 0 Å². The number of hydrogen-bond donors (Lipinski definition) is 1. The molecule has 0 aliphatic heterocycles. The highest BCUT2D eigenvalue weighted by Crippen LogP contribution is 2.33. The molecule has 3 aromatic rings. The summed E-state index contributed by atoms with van der Waals surface area (Å²) in [5.41, 5.74) is 3.24. The standard InChI is InChI=1S/C19H18N4O/c20-14-17-19(23(22-21-17)12-7-13-24)18(15-8-3-1-4-9-15)16-10-5-2-6-11-16/h1-6,8-11,18,24H,7,12-13H2. The third-order valence-corrected chi connectivity index (χ3v) is 3.95. The highest BCUT2D eigenvalue weighted by molar-refractivity contribution is 5.44. The Morgan fingerprint density at radius 1 is 1.00 bits per heavy atom. The van der Waals surface area contributed by atoms with Gasteiger partial charge in [0, 0.05) is 13.2 Å². The van der Waals surface area contributed by atoms with Crippen LogP contribution in [0.1, 0.15) is 34.9 Å². The Bertz CT molecular complexity index is 782. The highest BCUT2D eigenvalue weighted by atomic mass is 16.3. The van der Waals surface area contributed by atoms with Crippen LogP contribution in [0.15, 0.2) is 60.7 Å². The molecule has 1 aromatic heterocycles. The fourth-order valence-electron chi connectivity index (χ4n) is 2.87. The molecule has 0 amide bonds. The monoisotopic (exact) mass is 318 g/mol. The molecule has 24 heavy (non-hydrogen) atoms. The number of aromatic nitrogens is 3. The van der Waals surface area contributed by atoms with E-state index in [2.05, 4.69) is 16.4 Å². The van der Waals surface area contributed by atoms with Gasteiger partial charge in [-0.15, -0.1) is 5.10 Å². The van der Waals surface area contributed by atoms with Gasteiger partial charge < -0.3 is 5.11 Å². The molecule has 0 atom stereocenters. The third-order valence-electron chi connectivity index (χ3n) is 3.95. The van der Waals surface area contributed by atoms with Crippen LogP contribution in [-0.2, 0) is 6.54 Å². The Morgan fingerprint density at radius 2 is 1.58 bits per heavy atom. The lowest BCUT2D eigenvalue weighted by Gasteiger charge is -2.19. The summed E-state index contributed by atoms with van der Waals surface area (Å²) in [6.07, 6.45) is 0.567. The maximum atomic E-state index is 9.48. The molecule has 1 N–H and O–H groups in total. The number of aliphatic hydroxyl groups is 1. The minimum atomic E-state index is -0.129. The van der Waals surface area contributed by atoms with E-state index in [1.54, 1.807) is 4.68 Å². The number of aryl methyl sites for hydroxylation is 1. The maximum absolute atomic E-state index is 9.48. The highest BCUT2D eigenvalue weighted by Gasteiger charge is 2.25. The molecule has 5 heteroatoms. The molecule has 0 bridgehead atoms. The van der Waals surface area contributed by atoms with Crippen molar-refractivity contribution in [1.82, 2.24) is 15.0 Å². The SMILES string of the molecule is N#Cc1nnn(CCCO)c1C(c1ccccc1)c1ccccc1. The number of benzene rings is 2. The summed E-state index contributed by atoms with van der Waals surface area (Å²) in [6, 6.07) is 22.2. The van der Waals surface area contributed by atoms with Gasteiger partial charge in [-0.3, -0.25) is 0 Å². The Labute approximate surface area is 140 Å². The molecule has 0 aliphatic rings. The molecular formula is C19H18N4O. The average molecular weight is 318 g/mol. The lowest BCUT2D eigenvalue weighted by molar-refractivity contribution is 0.275. The second kappa shape index (κ2) is 7.53. The van der Waals surface area contributed by atoms with Crippen LogP contribution in [0.25, 0.3) is 0 Å². The fourth-order valence-corrected chi connectivity index (χ4v) is 2.87. The van der Waals surface area contributed by atoms with Crippen LogP contribution in [0.3, 0.4) is 0 Å². The molecule has 0 unspecified atom stereocenters. The summed E-state index contributed by atoms with van der Waals surface area (Å²) < 4.78 is 1.74. The zero-order valence-electron chi connectivity index (χ0n) is 13.2. The molecule has 0 fully saturated rings. The first kappa shape index (κ1) is 15.9. The van der Waals surface area contributed by atoms with Crippen LogP contribution >= 0.6 is 0 Å². The van der Waals surface area contributed by atoms with Gasteiger partial charge in [-0.1, -0.05) is 65.9 Å². The number of aliphatic hydroxyl groups excluding tert-OH is 1. The Balaban J connectivity index is 2.17. The summed E-state index contributed by atoms with van der Waals surface area (Å²) in [5, 5.41) is 26.8. The molecule has 0 saturated carbocycles. The number of rotatable bonds is 6. The van der Waals surface area contributed by atoms with Crippen molar-refractivity contribution in [2.24, 2.45) is 0 Å². The van der Waals surface area contributed by atoms with Crippen molar-refractivity contribution in [3.05, 3.63) is 83.2 Å². The molecule has 0 spiro atoms. The van der Waals surface area contributed by atoms with Crippen LogP contribution in [0.5, 0.6) is 0 Å². The molecule has 5 nitrogen and oxygen atoms in total. The first-order valence-corrected chi connectivity index (χ1v) is 7.89. The van der Waals surface area contributed by atoms with E-state index in [9.17, 15) is 5.26 Å². The van der Waals surface area contributed by atoms with Crippen molar-refractivity contribution in [2.75, 3.05) is 6.61 Å². The van der Waals surface area contributed by atoms with Crippen molar-refractivity contribution < 1.29 is 5.11 Å². The van der Waals surface area contributed by atoms with E-state index in [1.807, 2.05) is 60.7 Å². The molecule has 2 aromatic carbocycles. The molecular weight excluding hydrogens is 300 g/mol. The van der Waals surface area contributed by atoms with Crippen LogP contribution < -0.4 is 0 Å². The average Bonchev–Trinajstić information content (AvgIpc) is 3.05. The second-order valence-corrected chi connectivity index (χ2v) is 5.49. The normalized spacial score (nSPS) is 10.7. The number of nitrogens with zero attached hydrogens (tertiary/aromatic N) is 4. The molecule has 3 rings (SSSR count). The smallest absolute Gasteiger partial charge is 0.186 e. The predicted molar refractivity (Wildman–Crippen MR) is 90.3 cm³/mol. The van der Waals surface area contributed by atoms with Crippen molar-refractivity contribution in [3.63, 3.8) is 0 Å². The Morgan fingerprint density at radius 3 is 2.08 bits per heavy atom. The van der Waals surface area contributed by atoms with E-state index < -0.39 is 0 Å². The van der Waals surface area contributed by atoms with Gasteiger partial charge in [0.1, 0.15) is 6.07 Å². The van der Waals surface area contributed by atoms with Gasteiger partial charge in [-0.25, -0.2) is 4.68 Å². The topological polar surface area (TPSA) is 74.7 Å². The van der Waals surface area contributed by atoms with E-state index in [1.165, 1.54) is 0 Å².